The van der Waals surface area contributed by atoms with Crippen LogP contribution in [0.15, 0.2) is 12.2 Å². The number of ether oxygens (including phenoxy) is 2. The Hall–Kier alpha value is -1.32. The molecule has 0 unspecified atom stereocenters. The highest BCUT2D eigenvalue weighted by atomic mass is 16.5. The molecule has 0 fully saturated rings. The number of rotatable bonds is 5. The normalized spacial score (nSPS) is 11.6. The Bertz CT molecular complexity index is 232. The summed E-state index contributed by atoms with van der Waals surface area (Å²) in [4.78, 5) is 21.7. The van der Waals surface area contributed by atoms with Gasteiger partial charge in [-0.1, -0.05) is 6.58 Å². The summed E-state index contributed by atoms with van der Waals surface area (Å²) in [7, 11) is 0. The Labute approximate surface area is 83.9 Å². The van der Waals surface area contributed by atoms with Gasteiger partial charge in [0.15, 0.2) is 0 Å². The SMILES string of the molecule is C=C(C[C@H](C)OC(C)=O)C(=O)OCC. The van der Waals surface area contributed by atoms with Gasteiger partial charge in [-0.25, -0.2) is 4.79 Å². The molecule has 0 aromatic carbocycles. The Morgan fingerprint density at radius 3 is 2.43 bits per heavy atom. The van der Waals surface area contributed by atoms with Gasteiger partial charge in [0.05, 0.1) is 6.61 Å². The van der Waals surface area contributed by atoms with Crippen molar-refractivity contribution in [3.05, 3.63) is 12.2 Å². The van der Waals surface area contributed by atoms with Crippen molar-refractivity contribution < 1.29 is 19.1 Å². The lowest BCUT2D eigenvalue weighted by molar-refractivity contribution is -0.146. The van der Waals surface area contributed by atoms with E-state index in [0.29, 0.717) is 18.6 Å². The van der Waals surface area contributed by atoms with E-state index in [9.17, 15) is 9.59 Å². The first-order valence-corrected chi connectivity index (χ1v) is 4.49. The topological polar surface area (TPSA) is 52.6 Å². The molecule has 0 aromatic heterocycles. The molecule has 1 atom stereocenters. The predicted octanol–water partition coefficient (Wildman–Crippen LogP) is 1.45. The molecule has 0 spiro atoms. The van der Waals surface area contributed by atoms with E-state index in [1.165, 1.54) is 6.92 Å². The maximum Gasteiger partial charge on any atom is 0.333 e. The largest absolute Gasteiger partial charge is 0.463 e. The lowest BCUT2D eigenvalue weighted by atomic mass is 10.1. The molecular formula is C10H16O4. The number of esters is 2. The smallest absolute Gasteiger partial charge is 0.333 e. The monoisotopic (exact) mass is 200 g/mol. The minimum atomic E-state index is -0.438. The second-order valence-electron chi connectivity index (χ2n) is 2.95. The average molecular weight is 200 g/mol. The highest BCUT2D eigenvalue weighted by Gasteiger charge is 2.13. The average Bonchev–Trinajstić information content (AvgIpc) is 2.02. The van der Waals surface area contributed by atoms with Gasteiger partial charge in [0.2, 0.25) is 0 Å². The zero-order valence-electron chi connectivity index (χ0n) is 8.83. The molecular weight excluding hydrogens is 184 g/mol. The van der Waals surface area contributed by atoms with Gasteiger partial charge in [-0.05, 0) is 13.8 Å². The van der Waals surface area contributed by atoms with Gasteiger partial charge in [0, 0.05) is 18.9 Å². The molecule has 0 amide bonds. The molecule has 0 aliphatic rings. The summed E-state index contributed by atoms with van der Waals surface area (Å²) in [5.41, 5.74) is 0.320. The van der Waals surface area contributed by atoms with E-state index >= 15 is 0 Å². The van der Waals surface area contributed by atoms with Crippen LogP contribution in [-0.2, 0) is 19.1 Å². The second-order valence-corrected chi connectivity index (χ2v) is 2.95. The number of carbonyl (C=O) groups is 2. The number of carbonyl (C=O) groups excluding carboxylic acids is 2. The summed E-state index contributed by atoms with van der Waals surface area (Å²) in [6.07, 6.45) is -0.0392. The Balaban J connectivity index is 3.93. The maximum atomic E-state index is 11.1. The molecule has 0 aliphatic carbocycles. The zero-order valence-corrected chi connectivity index (χ0v) is 8.83. The van der Waals surface area contributed by atoms with Gasteiger partial charge in [0.1, 0.15) is 6.10 Å². The quantitative estimate of drug-likeness (QED) is 0.498. The third-order valence-corrected chi connectivity index (χ3v) is 1.47. The molecule has 80 valence electrons. The summed E-state index contributed by atoms with van der Waals surface area (Å²) in [6, 6.07) is 0. The molecule has 4 nitrogen and oxygen atoms in total. The summed E-state index contributed by atoms with van der Waals surface area (Å²) in [5, 5.41) is 0. The van der Waals surface area contributed by atoms with Crippen LogP contribution in [-0.4, -0.2) is 24.6 Å². The first-order valence-electron chi connectivity index (χ1n) is 4.49. The second kappa shape index (κ2) is 6.18. The van der Waals surface area contributed by atoms with Crippen LogP contribution in [0.5, 0.6) is 0 Å². The highest BCUT2D eigenvalue weighted by Crippen LogP contribution is 2.08. The fourth-order valence-electron chi connectivity index (χ4n) is 0.988. The van der Waals surface area contributed by atoms with Crippen LogP contribution in [0.25, 0.3) is 0 Å². The van der Waals surface area contributed by atoms with Crippen LogP contribution in [0.1, 0.15) is 27.2 Å². The Morgan fingerprint density at radius 1 is 1.43 bits per heavy atom. The molecule has 0 N–H and O–H groups in total. The van der Waals surface area contributed by atoms with Gasteiger partial charge in [-0.2, -0.15) is 0 Å². The van der Waals surface area contributed by atoms with Gasteiger partial charge >= 0.3 is 11.9 Å². The van der Waals surface area contributed by atoms with Crippen molar-refractivity contribution in [1.82, 2.24) is 0 Å². The van der Waals surface area contributed by atoms with Crippen molar-refractivity contribution in [2.75, 3.05) is 6.61 Å². The van der Waals surface area contributed by atoms with Crippen LogP contribution >= 0.6 is 0 Å². The number of hydrogen-bond acceptors (Lipinski definition) is 4. The molecule has 0 radical (unpaired) electrons. The van der Waals surface area contributed by atoms with Gasteiger partial charge < -0.3 is 9.47 Å². The van der Waals surface area contributed by atoms with Crippen molar-refractivity contribution in [3.63, 3.8) is 0 Å². The van der Waals surface area contributed by atoms with Gasteiger partial charge in [0.25, 0.3) is 0 Å². The predicted molar refractivity (Wildman–Crippen MR) is 51.6 cm³/mol. The minimum absolute atomic E-state index is 0.304. The van der Waals surface area contributed by atoms with Crippen molar-refractivity contribution in [2.24, 2.45) is 0 Å². The maximum absolute atomic E-state index is 11.1. The highest BCUT2D eigenvalue weighted by molar-refractivity contribution is 5.87. The lowest BCUT2D eigenvalue weighted by Crippen LogP contribution is -2.16. The lowest BCUT2D eigenvalue weighted by Gasteiger charge is -2.12. The summed E-state index contributed by atoms with van der Waals surface area (Å²) < 4.78 is 9.57. The van der Waals surface area contributed by atoms with Crippen LogP contribution in [0.2, 0.25) is 0 Å². The van der Waals surface area contributed by atoms with Crippen LogP contribution < -0.4 is 0 Å². The third kappa shape index (κ3) is 5.35. The molecule has 14 heavy (non-hydrogen) atoms. The van der Waals surface area contributed by atoms with Crippen LogP contribution in [0.4, 0.5) is 0 Å². The summed E-state index contributed by atoms with van der Waals surface area (Å²) in [6.45, 7) is 8.62. The number of hydrogen-bond donors (Lipinski definition) is 0. The first kappa shape index (κ1) is 12.7. The van der Waals surface area contributed by atoms with Crippen LogP contribution in [0.3, 0.4) is 0 Å². The van der Waals surface area contributed by atoms with Crippen molar-refractivity contribution >= 4 is 11.9 Å². The van der Waals surface area contributed by atoms with Crippen molar-refractivity contribution in [1.29, 1.82) is 0 Å². The van der Waals surface area contributed by atoms with Gasteiger partial charge in [-0.15, -0.1) is 0 Å². The van der Waals surface area contributed by atoms with E-state index < -0.39 is 5.97 Å². The Morgan fingerprint density at radius 2 is 2.00 bits per heavy atom. The molecule has 0 saturated heterocycles. The van der Waals surface area contributed by atoms with Crippen molar-refractivity contribution in [2.45, 2.75) is 33.3 Å². The molecule has 0 bridgehead atoms. The summed E-state index contributed by atoms with van der Waals surface area (Å²) >= 11 is 0. The zero-order chi connectivity index (χ0) is 11.1. The molecule has 0 heterocycles. The molecule has 0 rings (SSSR count). The van der Waals surface area contributed by atoms with Crippen molar-refractivity contribution in [3.8, 4) is 0 Å². The fourth-order valence-corrected chi connectivity index (χ4v) is 0.988. The van der Waals surface area contributed by atoms with E-state index in [-0.39, 0.29) is 12.1 Å². The molecule has 4 heteroatoms. The van der Waals surface area contributed by atoms with E-state index in [1.807, 2.05) is 0 Å². The van der Waals surface area contributed by atoms with Gasteiger partial charge in [-0.3, -0.25) is 4.79 Å². The first-order chi connectivity index (χ1) is 6.47. The summed E-state index contributed by atoms with van der Waals surface area (Å²) in [5.74, 6) is -0.805. The molecule has 0 aliphatic heterocycles. The van der Waals surface area contributed by atoms with E-state index in [4.69, 9.17) is 9.47 Å². The standard InChI is InChI=1S/C10H16O4/c1-5-13-10(12)7(2)6-8(3)14-9(4)11/h8H,2,5-6H2,1,3-4H3/t8-/m0/s1. The van der Waals surface area contributed by atoms with E-state index in [0.717, 1.165) is 0 Å². The molecule has 0 aromatic rings. The minimum Gasteiger partial charge on any atom is -0.463 e. The van der Waals surface area contributed by atoms with E-state index in [1.54, 1.807) is 13.8 Å². The fraction of sp³-hybridized carbons (Fsp3) is 0.600. The van der Waals surface area contributed by atoms with E-state index in [2.05, 4.69) is 6.58 Å². The third-order valence-electron chi connectivity index (χ3n) is 1.47. The Kier molecular flexibility index (Phi) is 5.60. The van der Waals surface area contributed by atoms with Crippen LogP contribution in [0, 0.1) is 0 Å². The molecule has 0 saturated carbocycles.